The van der Waals surface area contributed by atoms with E-state index in [-0.39, 0.29) is 6.61 Å². The normalized spacial score (nSPS) is 14.0. The van der Waals surface area contributed by atoms with E-state index in [0.29, 0.717) is 11.1 Å². The van der Waals surface area contributed by atoms with Crippen LogP contribution >= 0.6 is 0 Å². The summed E-state index contributed by atoms with van der Waals surface area (Å²) < 4.78 is 37.3. The zero-order chi connectivity index (χ0) is 11.6. The molecule has 1 rings (SSSR count). The van der Waals surface area contributed by atoms with Crippen molar-refractivity contribution in [3.05, 3.63) is 41.8 Å². The van der Waals surface area contributed by atoms with Crippen molar-refractivity contribution < 1.29 is 18.3 Å². The first kappa shape index (κ1) is 12.0. The summed E-state index contributed by atoms with van der Waals surface area (Å²) in [6.07, 6.45) is -4.35. The van der Waals surface area contributed by atoms with Crippen LogP contribution in [0.4, 0.5) is 13.2 Å². The van der Waals surface area contributed by atoms with Crippen molar-refractivity contribution in [1.82, 2.24) is 0 Å². The number of hydrogen-bond donors (Lipinski definition) is 1. The lowest BCUT2D eigenvalue weighted by Crippen LogP contribution is -2.08. The van der Waals surface area contributed by atoms with Crippen molar-refractivity contribution in [3.63, 3.8) is 0 Å². The SMILES string of the molecule is [CH2]C(CO)c1cc(C)cc(C(F)(F)F)c1. The monoisotopic (exact) mass is 217 g/mol. The first-order valence-corrected chi connectivity index (χ1v) is 4.47. The molecule has 1 aromatic rings. The van der Waals surface area contributed by atoms with Gasteiger partial charge >= 0.3 is 6.18 Å². The van der Waals surface area contributed by atoms with Gasteiger partial charge in [0.05, 0.1) is 5.56 Å². The molecule has 83 valence electrons. The number of rotatable bonds is 2. The molecule has 0 aliphatic carbocycles. The third-order valence-corrected chi connectivity index (χ3v) is 2.12. The molecule has 0 fully saturated rings. The zero-order valence-electron chi connectivity index (χ0n) is 8.30. The molecule has 0 saturated carbocycles. The van der Waals surface area contributed by atoms with Crippen molar-refractivity contribution in [3.8, 4) is 0 Å². The lowest BCUT2D eigenvalue weighted by molar-refractivity contribution is -0.137. The van der Waals surface area contributed by atoms with Gasteiger partial charge in [-0.3, -0.25) is 0 Å². The molecule has 0 spiro atoms. The summed E-state index contributed by atoms with van der Waals surface area (Å²) >= 11 is 0. The minimum atomic E-state index is -4.35. The minimum Gasteiger partial charge on any atom is -0.396 e. The molecule has 0 aliphatic heterocycles. The Balaban J connectivity index is 3.17. The van der Waals surface area contributed by atoms with Crippen molar-refractivity contribution in [2.75, 3.05) is 6.61 Å². The second kappa shape index (κ2) is 4.23. The number of halogens is 3. The van der Waals surface area contributed by atoms with Crippen LogP contribution in [-0.4, -0.2) is 11.7 Å². The molecule has 4 heteroatoms. The Morgan fingerprint density at radius 2 is 1.93 bits per heavy atom. The molecule has 15 heavy (non-hydrogen) atoms. The maximum Gasteiger partial charge on any atom is 0.416 e. The van der Waals surface area contributed by atoms with Crippen molar-refractivity contribution in [1.29, 1.82) is 0 Å². The summed E-state index contributed by atoms with van der Waals surface area (Å²) in [5.74, 6) is -0.522. The lowest BCUT2D eigenvalue weighted by Gasteiger charge is -2.13. The van der Waals surface area contributed by atoms with Gasteiger partial charge in [0, 0.05) is 12.5 Å². The summed E-state index contributed by atoms with van der Waals surface area (Å²) in [5.41, 5.74) is 0.228. The molecule has 1 aromatic carbocycles. The van der Waals surface area contributed by atoms with Gasteiger partial charge in [-0.05, 0) is 31.5 Å². The van der Waals surface area contributed by atoms with Crippen LogP contribution in [0.25, 0.3) is 0 Å². The summed E-state index contributed by atoms with van der Waals surface area (Å²) in [5, 5.41) is 8.83. The molecule has 0 amide bonds. The highest BCUT2D eigenvalue weighted by atomic mass is 19.4. The average Bonchev–Trinajstić information content (AvgIpc) is 2.14. The van der Waals surface area contributed by atoms with Crippen LogP contribution in [0, 0.1) is 13.8 Å². The molecular weight excluding hydrogens is 205 g/mol. The highest BCUT2D eigenvalue weighted by Gasteiger charge is 2.31. The summed E-state index contributed by atoms with van der Waals surface area (Å²) in [7, 11) is 0. The lowest BCUT2D eigenvalue weighted by atomic mass is 9.97. The Bertz CT molecular complexity index is 344. The Morgan fingerprint density at radius 3 is 2.40 bits per heavy atom. The van der Waals surface area contributed by atoms with E-state index >= 15 is 0 Å². The van der Waals surface area contributed by atoms with E-state index in [1.54, 1.807) is 13.0 Å². The van der Waals surface area contributed by atoms with Crippen LogP contribution in [0.5, 0.6) is 0 Å². The Labute approximate surface area is 86.5 Å². The van der Waals surface area contributed by atoms with Gasteiger partial charge in [-0.2, -0.15) is 13.2 Å². The largest absolute Gasteiger partial charge is 0.416 e. The molecule has 0 saturated heterocycles. The highest BCUT2D eigenvalue weighted by Crippen LogP contribution is 2.32. The molecule has 0 heterocycles. The summed E-state index contributed by atoms with van der Waals surface area (Å²) in [6, 6.07) is 3.71. The number of aryl methyl sites for hydroxylation is 1. The summed E-state index contributed by atoms with van der Waals surface area (Å²) in [6.45, 7) is 4.90. The van der Waals surface area contributed by atoms with E-state index in [0.717, 1.165) is 12.1 Å². The van der Waals surface area contributed by atoms with Gasteiger partial charge in [-0.1, -0.05) is 11.6 Å². The number of hydrogen-bond acceptors (Lipinski definition) is 1. The second-order valence-corrected chi connectivity index (χ2v) is 3.51. The highest BCUT2D eigenvalue weighted by molar-refractivity contribution is 5.33. The Hall–Kier alpha value is -1.03. The van der Waals surface area contributed by atoms with E-state index in [1.165, 1.54) is 0 Å². The molecule has 0 aromatic heterocycles. The number of aliphatic hydroxyl groups is 1. The van der Waals surface area contributed by atoms with Gasteiger partial charge < -0.3 is 5.11 Å². The fourth-order valence-corrected chi connectivity index (χ4v) is 1.32. The molecule has 0 aliphatic rings. The predicted molar refractivity (Wildman–Crippen MR) is 51.4 cm³/mol. The zero-order valence-corrected chi connectivity index (χ0v) is 8.30. The van der Waals surface area contributed by atoms with Crippen molar-refractivity contribution in [2.45, 2.75) is 19.0 Å². The second-order valence-electron chi connectivity index (χ2n) is 3.51. The Kier molecular flexibility index (Phi) is 3.39. The number of aliphatic hydroxyl groups excluding tert-OH is 1. The van der Waals surface area contributed by atoms with E-state index in [9.17, 15) is 13.2 Å². The number of alkyl halides is 3. The van der Waals surface area contributed by atoms with Gasteiger partial charge in [0.25, 0.3) is 0 Å². The van der Waals surface area contributed by atoms with Gasteiger partial charge in [-0.25, -0.2) is 0 Å². The first-order valence-electron chi connectivity index (χ1n) is 4.47. The van der Waals surface area contributed by atoms with E-state index in [2.05, 4.69) is 6.92 Å². The molecule has 1 atom stereocenters. The topological polar surface area (TPSA) is 20.2 Å². The quantitative estimate of drug-likeness (QED) is 0.807. The van der Waals surface area contributed by atoms with Crippen LogP contribution in [-0.2, 0) is 6.18 Å². The molecule has 1 N–H and O–H groups in total. The van der Waals surface area contributed by atoms with Crippen LogP contribution in [0.15, 0.2) is 18.2 Å². The minimum absolute atomic E-state index is 0.263. The van der Waals surface area contributed by atoms with Crippen LogP contribution in [0.1, 0.15) is 22.6 Å². The molecule has 1 radical (unpaired) electrons. The standard InChI is InChI=1S/C11H12F3O/c1-7-3-9(8(2)6-15)5-10(4-7)11(12,13)14/h3-5,8,15H,2,6H2,1H3. The third kappa shape index (κ3) is 2.96. The third-order valence-electron chi connectivity index (χ3n) is 2.12. The van der Waals surface area contributed by atoms with E-state index in [1.807, 2.05) is 0 Å². The molecule has 0 bridgehead atoms. The predicted octanol–water partition coefficient (Wildman–Crippen LogP) is 2.92. The van der Waals surface area contributed by atoms with E-state index < -0.39 is 17.7 Å². The van der Waals surface area contributed by atoms with Gasteiger partial charge in [0.1, 0.15) is 0 Å². The number of benzene rings is 1. The average molecular weight is 217 g/mol. The smallest absolute Gasteiger partial charge is 0.396 e. The Morgan fingerprint density at radius 1 is 1.33 bits per heavy atom. The van der Waals surface area contributed by atoms with Crippen LogP contribution in [0.2, 0.25) is 0 Å². The maximum absolute atomic E-state index is 12.4. The fourth-order valence-electron chi connectivity index (χ4n) is 1.32. The van der Waals surface area contributed by atoms with Crippen LogP contribution in [0.3, 0.4) is 0 Å². The van der Waals surface area contributed by atoms with Crippen LogP contribution < -0.4 is 0 Å². The molecular formula is C11H12F3O. The van der Waals surface area contributed by atoms with Gasteiger partial charge in [0.15, 0.2) is 0 Å². The van der Waals surface area contributed by atoms with Gasteiger partial charge in [-0.15, -0.1) is 0 Å². The van der Waals surface area contributed by atoms with Gasteiger partial charge in [0.2, 0.25) is 0 Å². The first-order chi connectivity index (χ1) is 6.84. The maximum atomic E-state index is 12.4. The summed E-state index contributed by atoms with van der Waals surface area (Å²) in [4.78, 5) is 0. The molecule has 1 unspecified atom stereocenters. The fraction of sp³-hybridized carbons (Fsp3) is 0.364. The van der Waals surface area contributed by atoms with Crippen molar-refractivity contribution in [2.24, 2.45) is 0 Å². The van der Waals surface area contributed by atoms with E-state index in [4.69, 9.17) is 5.11 Å². The molecule has 1 nitrogen and oxygen atoms in total. The van der Waals surface area contributed by atoms with Crippen molar-refractivity contribution >= 4 is 0 Å².